The van der Waals surface area contributed by atoms with Crippen LogP contribution in [-0.2, 0) is 22.6 Å². The summed E-state index contributed by atoms with van der Waals surface area (Å²) in [5.41, 5.74) is 2.77. The molecule has 0 aliphatic carbocycles. The molecule has 2 N–H and O–H groups in total. The van der Waals surface area contributed by atoms with E-state index in [1.807, 2.05) is 35.6 Å². The first-order valence-corrected chi connectivity index (χ1v) is 13.8. The zero-order valence-corrected chi connectivity index (χ0v) is 22.4. The summed E-state index contributed by atoms with van der Waals surface area (Å²) < 4.78 is 7.97. The molecule has 9 nitrogen and oxygen atoms in total. The Morgan fingerprint density at radius 2 is 1.87 bits per heavy atom. The number of fused-ring (bicyclic) bond motifs is 2. The number of hydrogen-bond acceptors (Lipinski definition) is 6. The van der Waals surface area contributed by atoms with Crippen LogP contribution in [0.2, 0.25) is 0 Å². The zero-order chi connectivity index (χ0) is 26.5. The lowest BCUT2D eigenvalue weighted by molar-refractivity contribution is -0.138. The van der Waals surface area contributed by atoms with Crippen LogP contribution >= 0.6 is 0 Å². The van der Waals surface area contributed by atoms with Crippen molar-refractivity contribution in [2.24, 2.45) is 5.41 Å². The fourth-order valence-electron chi connectivity index (χ4n) is 5.66. The molecule has 1 atom stereocenters. The summed E-state index contributed by atoms with van der Waals surface area (Å²) in [6.45, 7) is 7.00. The molecule has 202 valence electrons. The van der Waals surface area contributed by atoms with Crippen LogP contribution in [0.15, 0.2) is 42.6 Å². The summed E-state index contributed by atoms with van der Waals surface area (Å²) in [7, 11) is 0. The second-order valence-electron chi connectivity index (χ2n) is 10.7. The number of carbonyl (C=O) groups excluding carboxylic acids is 2. The van der Waals surface area contributed by atoms with Gasteiger partial charge in [-0.25, -0.2) is 0 Å². The van der Waals surface area contributed by atoms with Gasteiger partial charge >= 0.3 is 0 Å². The lowest BCUT2D eigenvalue weighted by atomic mass is 9.73. The van der Waals surface area contributed by atoms with Crippen molar-refractivity contribution in [2.45, 2.75) is 65.0 Å². The fourth-order valence-corrected chi connectivity index (χ4v) is 5.66. The van der Waals surface area contributed by atoms with E-state index in [2.05, 4.69) is 44.1 Å². The van der Waals surface area contributed by atoms with Crippen LogP contribution in [0.5, 0.6) is 5.75 Å². The zero-order valence-electron chi connectivity index (χ0n) is 22.4. The number of hydrogen-bond donors (Lipinski definition) is 2. The normalized spacial score (nSPS) is 21.6. The molecule has 0 unspecified atom stereocenters. The highest BCUT2D eigenvalue weighted by Gasteiger charge is 2.41. The maximum absolute atomic E-state index is 13.7. The molecule has 4 heterocycles. The van der Waals surface area contributed by atoms with Crippen molar-refractivity contribution in [2.75, 3.05) is 26.2 Å². The highest BCUT2D eigenvalue weighted by atomic mass is 16.5. The Morgan fingerprint density at radius 3 is 2.71 bits per heavy atom. The molecule has 38 heavy (non-hydrogen) atoms. The summed E-state index contributed by atoms with van der Waals surface area (Å²) in [5, 5.41) is 14.3. The van der Waals surface area contributed by atoms with E-state index in [0.717, 1.165) is 75.4 Å². The molecule has 0 saturated carbocycles. The van der Waals surface area contributed by atoms with Crippen molar-refractivity contribution in [1.29, 1.82) is 0 Å². The molecule has 1 spiro atoms. The van der Waals surface area contributed by atoms with E-state index in [9.17, 15) is 9.59 Å². The second-order valence-corrected chi connectivity index (χ2v) is 10.7. The number of piperidine rings is 1. The first-order valence-electron chi connectivity index (χ1n) is 13.8. The molecule has 3 aromatic rings. The Labute approximate surface area is 224 Å². The van der Waals surface area contributed by atoms with Gasteiger partial charge in [0.15, 0.2) is 5.65 Å². The lowest BCUT2D eigenvalue weighted by Gasteiger charge is -2.41. The molecule has 2 aliphatic heterocycles. The number of aryl methyl sites for hydroxylation is 2. The van der Waals surface area contributed by atoms with Gasteiger partial charge in [0, 0.05) is 12.7 Å². The number of nitrogens with zero attached hydrogens (tertiary/aromatic N) is 4. The summed E-state index contributed by atoms with van der Waals surface area (Å²) >= 11 is 0. The number of nitrogens with one attached hydrogen (secondary N) is 2. The van der Waals surface area contributed by atoms with Crippen molar-refractivity contribution in [3.8, 4) is 5.75 Å². The van der Waals surface area contributed by atoms with E-state index in [-0.39, 0.29) is 11.8 Å². The molecular weight excluding hydrogens is 480 g/mol. The van der Waals surface area contributed by atoms with Crippen LogP contribution in [0.3, 0.4) is 0 Å². The molecule has 9 heteroatoms. The largest absolute Gasteiger partial charge is 0.491 e. The number of rotatable bonds is 2. The number of likely N-dealkylation sites (tertiary alicyclic amines) is 1. The van der Waals surface area contributed by atoms with Crippen LogP contribution in [-0.4, -0.2) is 63.6 Å². The molecule has 0 bridgehead atoms. The smallest absolute Gasteiger partial charge is 0.242 e. The predicted molar refractivity (Wildman–Crippen MR) is 145 cm³/mol. The van der Waals surface area contributed by atoms with E-state index in [1.165, 1.54) is 11.1 Å². The fraction of sp³-hybridized carbons (Fsp3) is 0.517. The van der Waals surface area contributed by atoms with Crippen molar-refractivity contribution in [3.63, 3.8) is 0 Å². The third-order valence-electron chi connectivity index (χ3n) is 8.06. The van der Waals surface area contributed by atoms with E-state index in [1.54, 1.807) is 6.92 Å². The number of pyridine rings is 1. The molecule has 2 aromatic heterocycles. The highest BCUT2D eigenvalue weighted by Crippen LogP contribution is 2.38. The van der Waals surface area contributed by atoms with E-state index >= 15 is 0 Å². The Morgan fingerprint density at radius 1 is 1.05 bits per heavy atom. The number of para-hydroxylation sites is 1. The van der Waals surface area contributed by atoms with Crippen LogP contribution < -0.4 is 15.4 Å². The summed E-state index contributed by atoms with van der Waals surface area (Å²) in [6.07, 6.45) is 7.33. The van der Waals surface area contributed by atoms with E-state index in [4.69, 9.17) is 4.74 Å². The molecular formula is C29H38N6O3. The van der Waals surface area contributed by atoms with Gasteiger partial charge in [-0.15, -0.1) is 10.2 Å². The first-order chi connectivity index (χ1) is 18.4. The van der Waals surface area contributed by atoms with Crippen LogP contribution in [0, 0.1) is 12.3 Å². The minimum Gasteiger partial charge on any atom is -0.491 e. The predicted octanol–water partition coefficient (Wildman–Crippen LogP) is 3.05. The molecule has 1 aromatic carbocycles. The lowest BCUT2D eigenvalue weighted by Crippen LogP contribution is -2.53. The van der Waals surface area contributed by atoms with Gasteiger partial charge in [-0.1, -0.05) is 30.7 Å². The Kier molecular flexibility index (Phi) is 7.93. The van der Waals surface area contributed by atoms with Gasteiger partial charge in [0.05, 0.1) is 12.0 Å². The van der Waals surface area contributed by atoms with Crippen LogP contribution in [0.1, 0.15) is 56.0 Å². The van der Waals surface area contributed by atoms with Gasteiger partial charge in [0.2, 0.25) is 11.8 Å². The monoisotopic (exact) mass is 518 g/mol. The summed E-state index contributed by atoms with van der Waals surface area (Å²) in [5.74, 6) is 1.57. The number of amides is 2. The SMILES string of the molecule is Cc1nnc2ccc(CN3CCC4(CCCCc5ccccc5OCCNC(=O)[C@H](C)NC4=O)CC3)cn12. The van der Waals surface area contributed by atoms with Gasteiger partial charge in [-0.05, 0) is 82.3 Å². The number of ether oxygens (including phenoxy) is 1. The minimum absolute atomic E-state index is 0.00727. The number of carbonyl (C=O) groups is 2. The average molecular weight is 519 g/mol. The van der Waals surface area contributed by atoms with Gasteiger partial charge in [-0.3, -0.25) is 18.9 Å². The molecule has 2 aliphatic rings. The third kappa shape index (κ3) is 5.83. The van der Waals surface area contributed by atoms with Gasteiger partial charge in [-0.2, -0.15) is 0 Å². The Bertz CT molecular complexity index is 1280. The summed E-state index contributed by atoms with van der Waals surface area (Å²) in [6, 6.07) is 11.6. The topological polar surface area (TPSA) is 101 Å². The standard InChI is InChI=1S/C29H38N6O3/c1-21-27(36)30-15-18-38-25-9-4-3-7-24(25)8-5-6-12-29(28(37)31-21)13-16-34(17-14-29)19-23-10-11-26-33-32-22(2)35(26)20-23/h3-4,7,9-11,20-21H,5-6,8,12-19H2,1-2H3,(H,30,36)(H,31,37)/t21-/m0/s1. The summed E-state index contributed by atoms with van der Waals surface area (Å²) in [4.78, 5) is 28.7. The van der Waals surface area contributed by atoms with E-state index in [0.29, 0.717) is 13.2 Å². The number of benzene rings is 1. The van der Waals surface area contributed by atoms with Gasteiger partial charge in [0.1, 0.15) is 24.2 Å². The molecule has 1 saturated heterocycles. The molecule has 2 amide bonds. The quantitative estimate of drug-likeness (QED) is 0.541. The molecule has 1 fully saturated rings. The van der Waals surface area contributed by atoms with E-state index < -0.39 is 11.5 Å². The third-order valence-corrected chi connectivity index (χ3v) is 8.06. The highest BCUT2D eigenvalue weighted by molar-refractivity contribution is 5.90. The maximum Gasteiger partial charge on any atom is 0.242 e. The Balaban J connectivity index is 1.27. The van der Waals surface area contributed by atoms with Crippen molar-refractivity contribution in [1.82, 2.24) is 30.1 Å². The molecule has 5 rings (SSSR count). The second kappa shape index (κ2) is 11.5. The minimum atomic E-state index is -0.589. The van der Waals surface area contributed by atoms with Crippen molar-refractivity contribution in [3.05, 3.63) is 59.5 Å². The first kappa shape index (κ1) is 26.2. The van der Waals surface area contributed by atoms with Gasteiger partial charge < -0.3 is 15.4 Å². The Hall–Kier alpha value is -3.46. The molecule has 0 radical (unpaired) electrons. The number of aromatic nitrogens is 3. The van der Waals surface area contributed by atoms with Crippen LogP contribution in [0.4, 0.5) is 0 Å². The van der Waals surface area contributed by atoms with Crippen molar-refractivity contribution < 1.29 is 14.3 Å². The maximum atomic E-state index is 13.7. The van der Waals surface area contributed by atoms with Gasteiger partial charge in [0.25, 0.3) is 0 Å². The average Bonchev–Trinajstić information content (AvgIpc) is 3.29. The van der Waals surface area contributed by atoms with Crippen molar-refractivity contribution >= 4 is 17.5 Å². The van der Waals surface area contributed by atoms with Crippen LogP contribution in [0.25, 0.3) is 5.65 Å².